The van der Waals surface area contributed by atoms with Gasteiger partial charge in [-0.05, 0) is 67.1 Å². The highest BCUT2D eigenvalue weighted by atomic mass is 16.5. The number of amides is 1. The molecule has 0 aliphatic carbocycles. The third-order valence-electron chi connectivity index (χ3n) is 4.24. The molecule has 2 heterocycles. The Morgan fingerprint density at radius 1 is 1.11 bits per heavy atom. The molecule has 0 spiro atoms. The lowest BCUT2D eigenvalue weighted by Gasteiger charge is -2.10. The summed E-state index contributed by atoms with van der Waals surface area (Å²) in [5.74, 6) is 1.03. The Hall–Kier alpha value is -3.67. The number of hydrogen-bond acceptors (Lipinski definition) is 5. The summed E-state index contributed by atoms with van der Waals surface area (Å²) < 4.78 is 10.9. The van der Waals surface area contributed by atoms with E-state index in [9.17, 15) is 4.79 Å². The summed E-state index contributed by atoms with van der Waals surface area (Å²) in [4.78, 5) is 21.0. The minimum atomic E-state index is -0.181. The number of oxazole rings is 1. The Bertz CT molecular complexity index is 1080. The molecule has 2 aromatic carbocycles. The second-order valence-corrected chi connectivity index (χ2v) is 6.06. The first-order valence-corrected chi connectivity index (χ1v) is 8.42. The summed E-state index contributed by atoms with van der Waals surface area (Å²) in [6.45, 7) is 1.92. The first kappa shape index (κ1) is 16.8. The molecule has 0 saturated carbocycles. The van der Waals surface area contributed by atoms with Crippen molar-refractivity contribution in [3.63, 3.8) is 0 Å². The van der Waals surface area contributed by atoms with Crippen LogP contribution in [0.2, 0.25) is 0 Å². The van der Waals surface area contributed by atoms with E-state index in [0.717, 1.165) is 16.8 Å². The Labute approximate surface area is 155 Å². The number of carbonyl (C=O) groups excluding carboxylic acids is 1. The second-order valence-electron chi connectivity index (χ2n) is 6.06. The van der Waals surface area contributed by atoms with Crippen LogP contribution in [0.25, 0.3) is 22.7 Å². The lowest BCUT2D eigenvalue weighted by molar-refractivity contribution is 0.102. The van der Waals surface area contributed by atoms with Crippen LogP contribution in [0.4, 0.5) is 5.69 Å². The number of aryl methyl sites for hydroxylation is 1. The topological polar surface area (TPSA) is 77.2 Å². The highest BCUT2D eigenvalue weighted by molar-refractivity contribution is 6.04. The maximum absolute atomic E-state index is 12.4. The quantitative estimate of drug-likeness (QED) is 0.582. The standard InChI is InChI=1S/C21H17N3O3/c1-13-12-15(21-24-19-18(27-21)4-3-11-22-19)7-10-17(13)23-20(25)14-5-8-16(26-2)9-6-14/h3-12H,1-2H3,(H,23,25). The number of methoxy groups -OCH3 is 1. The molecule has 2 aromatic heterocycles. The van der Waals surface area contributed by atoms with E-state index in [4.69, 9.17) is 9.15 Å². The number of benzene rings is 2. The van der Waals surface area contributed by atoms with Gasteiger partial charge in [-0.1, -0.05) is 0 Å². The molecule has 6 heteroatoms. The van der Waals surface area contributed by atoms with Gasteiger partial charge in [0.05, 0.1) is 7.11 Å². The maximum Gasteiger partial charge on any atom is 0.255 e. The van der Waals surface area contributed by atoms with Crippen molar-refractivity contribution in [3.8, 4) is 17.2 Å². The van der Waals surface area contributed by atoms with Crippen LogP contribution in [-0.4, -0.2) is 23.0 Å². The number of fused-ring (bicyclic) bond motifs is 1. The summed E-state index contributed by atoms with van der Waals surface area (Å²) in [7, 11) is 1.59. The highest BCUT2D eigenvalue weighted by Crippen LogP contribution is 2.27. The van der Waals surface area contributed by atoms with Crippen LogP contribution in [0.3, 0.4) is 0 Å². The number of nitrogens with zero attached hydrogens (tertiary/aromatic N) is 2. The summed E-state index contributed by atoms with van der Waals surface area (Å²) in [5.41, 5.74) is 4.24. The molecule has 4 aromatic rings. The fourth-order valence-corrected chi connectivity index (χ4v) is 2.77. The SMILES string of the molecule is COc1ccc(C(=O)Nc2ccc(-c3nc4ncccc4o3)cc2C)cc1. The monoisotopic (exact) mass is 359 g/mol. The molecule has 0 bridgehead atoms. The zero-order valence-corrected chi connectivity index (χ0v) is 14.9. The Morgan fingerprint density at radius 3 is 2.63 bits per heavy atom. The van der Waals surface area contributed by atoms with Gasteiger partial charge in [0, 0.05) is 23.0 Å². The smallest absolute Gasteiger partial charge is 0.255 e. The molecular formula is C21H17N3O3. The number of anilines is 1. The molecule has 1 N–H and O–H groups in total. The molecule has 0 fully saturated rings. The molecular weight excluding hydrogens is 342 g/mol. The predicted octanol–water partition coefficient (Wildman–Crippen LogP) is 4.46. The van der Waals surface area contributed by atoms with Crippen molar-refractivity contribution in [3.05, 3.63) is 71.9 Å². The highest BCUT2D eigenvalue weighted by Gasteiger charge is 2.12. The zero-order chi connectivity index (χ0) is 18.8. The number of hydrogen-bond donors (Lipinski definition) is 1. The summed E-state index contributed by atoms with van der Waals surface area (Å²) in [5, 5.41) is 2.93. The van der Waals surface area contributed by atoms with Gasteiger partial charge in [0.2, 0.25) is 5.89 Å². The van der Waals surface area contributed by atoms with Gasteiger partial charge in [-0.25, -0.2) is 4.98 Å². The Kier molecular flexibility index (Phi) is 4.30. The number of aromatic nitrogens is 2. The van der Waals surface area contributed by atoms with E-state index in [0.29, 0.717) is 28.4 Å². The zero-order valence-electron chi connectivity index (χ0n) is 14.9. The van der Waals surface area contributed by atoms with E-state index in [1.165, 1.54) is 0 Å². The summed E-state index contributed by atoms with van der Waals surface area (Å²) >= 11 is 0. The minimum absolute atomic E-state index is 0.181. The van der Waals surface area contributed by atoms with E-state index in [2.05, 4.69) is 15.3 Å². The van der Waals surface area contributed by atoms with E-state index < -0.39 is 0 Å². The van der Waals surface area contributed by atoms with Gasteiger partial charge in [0.15, 0.2) is 11.2 Å². The summed E-state index contributed by atoms with van der Waals surface area (Å²) in [6, 6.07) is 16.2. The van der Waals surface area contributed by atoms with Crippen LogP contribution in [0.1, 0.15) is 15.9 Å². The minimum Gasteiger partial charge on any atom is -0.497 e. The number of pyridine rings is 1. The second kappa shape index (κ2) is 6.92. The lowest BCUT2D eigenvalue weighted by Crippen LogP contribution is -2.12. The third-order valence-corrected chi connectivity index (χ3v) is 4.24. The number of ether oxygens (including phenoxy) is 1. The van der Waals surface area contributed by atoms with Crippen molar-refractivity contribution in [1.82, 2.24) is 9.97 Å². The van der Waals surface area contributed by atoms with Crippen LogP contribution in [0.5, 0.6) is 5.75 Å². The van der Waals surface area contributed by atoms with Crippen molar-refractivity contribution < 1.29 is 13.9 Å². The molecule has 0 unspecified atom stereocenters. The molecule has 0 radical (unpaired) electrons. The maximum atomic E-state index is 12.4. The van der Waals surface area contributed by atoms with Gasteiger partial charge in [0.25, 0.3) is 5.91 Å². The van der Waals surface area contributed by atoms with Crippen molar-refractivity contribution in [2.45, 2.75) is 6.92 Å². The largest absolute Gasteiger partial charge is 0.497 e. The van der Waals surface area contributed by atoms with E-state index in [1.54, 1.807) is 43.6 Å². The normalized spacial score (nSPS) is 10.7. The average Bonchev–Trinajstić information content (AvgIpc) is 3.14. The van der Waals surface area contributed by atoms with Crippen molar-refractivity contribution in [2.24, 2.45) is 0 Å². The number of rotatable bonds is 4. The molecule has 6 nitrogen and oxygen atoms in total. The first-order valence-electron chi connectivity index (χ1n) is 8.42. The fraction of sp³-hybridized carbons (Fsp3) is 0.0952. The van der Waals surface area contributed by atoms with Crippen molar-refractivity contribution >= 4 is 22.8 Å². The van der Waals surface area contributed by atoms with E-state index in [1.807, 2.05) is 31.2 Å². The van der Waals surface area contributed by atoms with Crippen LogP contribution < -0.4 is 10.1 Å². The molecule has 27 heavy (non-hydrogen) atoms. The fourth-order valence-electron chi connectivity index (χ4n) is 2.77. The molecule has 0 saturated heterocycles. The van der Waals surface area contributed by atoms with Crippen LogP contribution in [-0.2, 0) is 0 Å². The molecule has 134 valence electrons. The van der Waals surface area contributed by atoms with Crippen molar-refractivity contribution in [1.29, 1.82) is 0 Å². The molecule has 0 atom stereocenters. The average molecular weight is 359 g/mol. The molecule has 0 aliphatic heterocycles. The van der Waals surface area contributed by atoms with Crippen LogP contribution >= 0.6 is 0 Å². The molecule has 1 amide bonds. The summed E-state index contributed by atoms with van der Waals surface area (Å²) in [6.07, 6.45) is 1.68. The van der Waals surface area contributed by atoms with Crippen molar-refractivity contribution in [2.75, 3.05) is 12.4 Å². The molecule has 4 rings (SSSR count). The van der Waals surface area contributed by atoms with E-state index in [-0.39, 0.29) is 5.91 Å². The van der Waals surface area contributed by atoms with E-state index >= 15 is 0 Å². The predicted molar refractivity (Wildman–Crippen MR) is 103 cm³/mol. The van der Waals surface area contributed by atoms with Crippen LogP contribution in [0.15, 0.2) is 65.2 Å². The first-order chi connectivity index (χ1) is 13.1. The number of nitrogens with one attached hydrogen (secondary N) is 1. The molecule has 0 aliphatic rings. The number of carbonyl (C=O) groups is 1. The van der Waals surface area contributed by atoms with Gasteiger partial charge >= 0.3 is 0 Å². The van der Waals surface area contributed by atoms with Gasteiger partial charge < -0.3 is 14.5 Å². The van der Waals surface area contributed by atoms with Gasteiger partial charge in [-0.15, -0.1) is 0 Å². The van der Waals surface area contributed by atoms with Gasteiger partial charge in [0.1, 0.15) is 5.75 Å². The Morgan fingerprint density at radius 2 is 1.93 bits per heavy atom. The van der Waals surface area contributed by atoms with Crippen LogP contribution in [0, 0.1) is 6.92 Å². The van der Waals surface area contributed by atoms with Gasteiger partial charge in [-0.2, -0.15) is 4.98 Å². The Balaban J connectivity index is 1.56. The third kappa shape index (κ3) is 3.37. The lowest BCUT2D eigenvalue weighted by atomic mass is 10.1. The van der Waals surface area contributed by atoms with Gasteiger partial charge in [-0.3, -0.25) is 4.79 Å².